The van der Waals surface area contributed by atoms with Crippen molar-refractivity contribution in [1.29, 1.82) is 0 Å². The summed E-state index contributed by atoms with van der Waals surface area (Å²) < 4.78 is 0. The van der Waals surface area contributed by atoms with Crippen LogP contribution in [0.15, 0.2) is 0 Å². The second-order valence-electron chi connectivity index (χ2n) is 6.61. The van der Waals surface area contributed by atoms with Crippen molar-refractivity contribution in [3.63, 3.8) is 0 Å². The summed E-state index contributed by atoms with van der Waals surface area (Å²) in [5.74, 6) is -0.0877. The number of nitrogens with zero attached hydrogens (tertiary/aromatic N) is 1. The Balaban J connectivity index is 1.98. The first kappa shape index (κ1) is 15.3. The van der Waals surface area contributed by atoms with Crippen LogP contribution in [0.25, 0.3) is 0 Å². The minimum atomic E-state index is -0.936. The summed E-state index contributed by atoms with van der Waals surface area (Å²) in [5, 5.41) is 12.4. The van der Waals surface area contributed by atoms with Gasteiger partial charge >= 0.3 is 5.97 Å². The molecule has 1 saturated heterocycles. The molecule has 1 aliphatic heterocycles. The van der Waals surface area contributed by atoms with E-state index in [-0.39, 0.29) is 24.4 Å². The molecule has 0 radical (unpaired) electrons. The Bertz CT molecular complexity index is 356. The van der Waals surface area contributed by atoms with Gasteiger partial charge in [0, 0.05) is 12.6 Å². The summed E-state index contributed by atoms with van der Waals surface area (Å²) in [6.45, 7) is 4.33. The number of carbonyl (C=O) groups is 2. The molecule has 0 aromatic rings. The smallest absolute Gasteiger partial charge is 0.323 e. The van der Waals surface area contributed by atoms with Gasteiger partial charge < -0.3 is 15.3 Å². The quantitative estimate of drug-likeness (QED) is 0.801. The van der Waals surface area contributed by atoms with E-state index in [0.29, 0.717) is 18.5 Å². The Labute approximate surface area is 120 Å². The Morgan fingerprint density at radius 1 is 1.30 bits per heavy atom. The SMILES string of the molecule is CC(C)CN(CC(=O)O)C(=O)C1CC2CCCCC2N1. The van der Waals surface area contributed by atoms with Crippen molar-refractivity contribution < 1.29 is 14.7 Å². The van der Waals surface area contributed by atoms with Gasteiger partial charge in [-0.1, -0.05) is 26.7 Å². The molecule has 2 fully saturated rings. The largest absolute Gasteiger partial charge is 0.480 e. The second-order valence-corrected chi connectivity index (χ2v) is 6.61. The van der Waals surface area contributed by atoms with E-state index in [4.69, 9.17) is 5.11 Å². The number of carboxylic acid groups (broad SMARTS) is 1. The topological polar surface area (TPSA) is 69.6 Å². The van der Waals surface area contributed by atoms with Gasteiger partial charge in [0.1, 0.15) is 6.54 Å². The van der Waals surface area contributed by atoms with Crippen LogP contribution >= 0.6 is 0 Å². The van der Waals surface area contributed by atoms with Gasteiger partial charge in [0.15, 0.2) is 0 Å². The molecule has 2 rings (SSSR count). The van der Waals surface area contributed by atoms with Crippen LogP contribution in [0.3, 0.4) is 0 Å². The Morgan fingerprint density at radius 3 is 2.60 bits per heavy atom. The van der Waals surface area contributed by atoms with Crippen LogP contribution < -0.4 is 5.32 Å². The van der Waals surface area contributed by atoms with E-state index in [1.54, 1.807) is 0 Å². The van der Waals surface area contributed by atoms with E-state index in [2.05, 4.69) is 5.32 Å². The number of hydrogen-bond acceptors (Lipinski definition) is 3. The molecule has 1 aliphatic carbocycles. The number of nitrogens with one attached hydrogen (secondary N) is 1. The van der Waals surface area contributed by atoms with E-state index < -0.39 is 5.97 Å². The molecule has 3 unspecified atom stereocenters. The molecule has 0 spiro atoms. The van der Waals surface area contributed by atoms with Crippen molar-refractivity contribution in [2.24, 2.45) is 11.8 Å². The highest BCUT2D eigenvalue weighted by Gasteiger charge is 2.39. The number of hydrogen-bond donors (Lipinski definition) is 2. The average molecular weight is 282 g/mol. The predicted molar refractivity (Wildman–Crippen MR) is 76.3 cm³/mol. The van der Waals surface area contributed by atoms with Crippen LogP contribution in [0.1, 0.15) is 46.0 Å². The minimum Gasteiger partial charge on any atom is -0.480 e. The van der Waals surface area contributed by atoms with Gasteiger partial charge in [0.05, 0.1) is 6.04 Å². The molecule has 2 N–H and O–H groups in total. The van der Waals surface area contributed by atoms with Gasteiger partial charge in [-0.25, -0.2) is 0 Å². The third-order valence-corrected chi connectivity index (χ3v) is 4.38. The molecule has 2 aliphatic rings. The summed E-state index contributed by atoms with van der Waals surface area (Å²) in [7, 11) is 0. The van der Waals surface area contributed by atoms with Gasteiger partial charge in [0.25, 0.3) is 0 Å². The second kappa shape index (κ2) is 6.57. The molecule has 114 valence electrons. The maximum absolute atomic E-state index is 12.6. The number of amides is 1. The van der Waals surface area contributed by atoms with E-state index in [1.165, 1.54) is 24.2 Å². The average Bonchev–Trinajstić information content (AvgIpc) is 2.79. The lowest BCUT2D eigenvalue weighted by atomic mass is 9.85. The first-order valence-electron chi connectivity index (χ1n) is 7.74. The highest BCUT2D eigenvalue weighted by atomic mass is 16.4. The zero-order valence-electron chi connectivity index (χ0n) is 12.5. The first-order chi connectivity index (χ1) is 9.47. The van der Waals surface area contributed by atoms with Gasteiger partial charge in [-0.15, -0.1) is 0 Å². The van der Waals surface area contributed by atoms with Crippen LogP contribution in [0.5, 0.6) is 0 Å². The van der Waals surface area contributed by atoms with E-state index in [0.717, 1.165) is 12.8 Å². The van der Waals surface area contributed by atoms with E-state index >= 15 is 0 Å². The normalized spacial score (nSPS) is 29.2. The van der Waals surface area contributed by atoms with Crippen molar-refractivity contribution in [1.82, 2.24) is 10.2 Å². The van der Waals surface area contributed by atoms with Crippen molar-refractivity contribution in [2.75, 3.05) is 13.1 Å². The molecule has 5 nitrogen and oxygen atoms in total. The molecular weight excluding hydrogens is 256 g/mol. The van der Waals surface area contributed by atoms with Crippen LogP contribution in [-0.4, -0.2) is 47.1 Å². The fourth-order valence-electron chi connectivity index (χ4n) is 3.57. The molecule has 1 amide bonds. The van der Waals surface area contributed by atoms with E-state index in [9.17, 15) is 9.59 Å². The highest BCUT2D eigenvalue weighted by Crippen LogP contribution is 2.33. The van der Waals surface area contributed by atoms with Crippen LogP contribution in [0.2, 0.25) is 0 Å². The first-order valence-corrected chi connectivity index (χ1v) is 7.74. The van der Waals surface area contributed by atoms with Crippen molar-refractivity contribution in [3.05, 3.63) is 0 Å². The number of carboxylic acids is 1. The third kappa shape index (κ3) is 3.72. The fourth-order valence-corrected chi connectivity index (χ4v) is 3.57. The van der Waals surface area contributed by atoms with Crippen molar-refractivity contribution in [3.8, 4) is 0 Å². The molecule has 5 heteroatoms. The molecule has 0 aromatic heterocycles. The zero-order valence-corrected chi connectivity index (χ0v) is 12.5. The number of fused-ring (bicyclic) bond motifs is 1. The molecule has 1 saturated carbocycles. The van der Waals surface area contributed by atoms with Crippen molar-refractivity contribution in [2.45, 2.75) is 58.0 Å². The van der Waals surface area contributed by atoms with Crippen LogP contribution in [0, 0.1) is 11.8 Å². The summed E-state index contributed by atoms with van der Waals surface area (Å²) in [5.41, 5.74) is 0. The molecule has 3 atom stereocenters. The molecule has 0 aromatic carbocycles. The summed E-state index contributed by atoms with van der Waals surface area (Å²) >= 11 is 0. The molecule has 0 bridgehead atoms. The van der Waals surface area contributed by atoms with Gasteiger partial charge in [-0.05, 0) is 31.1 Å². The maximum Gasteiger partial charge on any atom is 0.323 e. The van der Waals surface area contributed by atoms with Crippen LogP contribution in [0.4, 0.5) is 0 Å². The monoisotopic (exact) mass is 282 g/mol. The van der Waals surface area contributed by atoms with E-state index in [1.807, 2.05) is 13.8 Å². The lowest BCUT2D eigenvalue weighted by molar-refractivity contribution is -0.145. The number of aliphatic carboxylic acids is 1. The Kier molecular flexibility index (Phi) is 5.02. The zero-order chi connectivity index (χ0) is 14.7. The van der Waals surface area contributed by atoms with Crippen molar-refractivity contribution >= 4 is 11.9 Å². The summed E-state index contributed by atoms with van der Waals surface area (Å²) in [6.07, 6.45) is 5.72. The minimum absolute atomic E-state index is 0.0319. The number of carbonyl (C=O) groups excluding carboxylic acids is 1. The molecule has 20 heavy (non-hydrogen) atoms. The molecule has 1 heterocycles. The lowest BCUT2D eigenvalue weighted by Gasteiger charge is -2.26. The molecular formula is C15H26N2O3. The number of rotatable bonds is 5. The predicted octanol–water partition coefficient (Wildman–Crippen LogP) is 1.48. The van der Waals surface area contributed by atoms with Gasteiger partial charge in [0.2, 0.25) is 5.91 Å². The van der Waals surface area contributed by atoms with Gasteiger partial charge in [-0.3, -0.25) is 9.59 Å². The fraction of sp³-hybridized carbons (Fsp3) is 0.867. The Hall–Kier alpha value is -1.10. The standard InChI is InChI=1S/C15H26N2O3/c1-10(2)8-17(9-14(18)19)15(20)13-7-11-5-3-4-6-12(11)16-13/h10-13,16H,3-9H2,1-2H3,(H,18,19). The lowest BCUT2D eigenvalue weighted by Crippen LogP contribution is -2.48. The van der Waals surface area contributed by atoms with Gasteiger partial charge in [-0.2, -0.15) is 0 Å². The highest BCUT2D eigenvalue weighted by molar-refractivity contribution is 5.85. The Morgan fingerprint density at radius 2 is 2.00 bits per heavy atom. The van der Waals surface area contributed by atoms with Crippen LogP contribution in [-0.2, 0) is 9.59 Å². The maximum atomic E-state index is 12.6. The third-order valence-electron chi connectivity index (χ3n) is 4.38. The summed E-state index contributed by atoms with van der Waals surface area (Å²) in [6, 6.07) is 0.282. The summed E-state index contributed by atoms with van der Waals surface area (Å²) in [4.78, 5) is 25.0.